The summed E-state index contributed by atoms with van der Waals surface area (Å²) in [4.78, 5) is 30.8. The van der Waals surface area contributed by atoms with Crippen LogP contribution in [0.3, 0.4) is 0 Å². The number of hydrogen-bond acceptors (Lipinski definition) is 7. The summed E-state index contributed by atoms with van der Waals surface area (Å²) < 4.78 is 42.6. The number of halogens is 3. The van der Waals surface area contributed by atoms with Gasteiger partial charge in [-0.1, -0.05) is 6.07 Å². The summed E-state index contributed by atoms with van der Waals surface area (Å²) in [5.74, 6) is 0.607. The average Bonchev–Trinajstić information content (AvgIpc) is 2.92. The Morgan fingerprint density at radius 1 is 1.06 bits per heavy atom. The second kappa shape index (κ2) is 8.54. The van der Waals surface area contributed by atoms with Crippen LogP contribution in [0.15, 0.2) is 49.1 Å². The molecule has 0 radical (unpaired) electrons. The molecule has 3 heterocycles. The Morgan fingerprint density at radius 3 is 2.52 bits per heavy atom. The number of amides is 1. The maximum atomic E-state index is 13.1. The summed E-state index contributed by atoms with van der Waals surface area (Å²) in [7, 11) is 0. The minimum absolute atomic E-state index is 0.135. The lowest BCUT2D eigenvalue weighted by atomic mass is 10.0. The molecule has 1 aromatic carbocycles. The number of anilines is 1. The van der Waals surface area contributed by atoms with Crippen LogP contribution in [0.5, 0.6) is 5.75 Å². The predicted molar refractivity (Wildman–Crippen MR) is 104 cm³/mol. The van der Waals surface area contributed by atoms with Crippen molar-refractivity contribution in [3.63, 3.8) is 0 Å². The molecule has 1 aliphatic heterocycles. The number of ether oxygens (including phenoxy) is 1. The number of benzene rings is 1. The van der Waals surface area contributed by atoms with Crippen molar-refractivity contribution in [2.24, 2.45) is 0 Å². The number of nitrogens with one attached hydrogen (secondary N) is 1. The third-order valence-electron chi connectivity index (χ3n) is 4.50. The quantitative estimate of drug-likeness (QED) is 0.665. The lowest BCUT2D eigenvalue weighted by Crippen LogP contribution is -2.32. The van der Waals surface area contributed by atoms with E-state index < -0.39 is 12.7 Å². The van der Waals surface area contributed by atoms with Gasteiger partial charge < -0.3 is 15.0 Å². The molecule has 11 heteroatoms. The number of aromatic nitrogens is 4. The van der Waals surface area contributed by atoms with E-state index in [0.29, 0.717) is 41.4 Å². The third-order valence-corrected chi connectivity index (χ3v) is 4.50. The zero-order valence-corrected chi connectivity index (χ0v) is 16.1. The van der Waals surface area contributed by atoms with Crippen LogP contribution in [0.25, 0.3) is 11.1 Å². The molecule has 31 heavy (non-hydrogen) atoms. The molecule has 4 rings (SSSR count). The van der Waals surface area contributed by atoms with Crippen LogP contribution in [-0.2, 0) is 6.54 Å². The van der Waals surface area contributed by atoms with E-state index in [1.165, 1.54) is 12.4 Å². The van der Waals surface area contributed by atoms with Gasteiger partial charge in [-0.2, -0.15) is 13.2 Å². The van der Waals surface area contributed by atoms with Crippen LogP contribution < -0.4 is 10.1 Å². The number of alkyl halides is 3. The molecule has 0 unspecified atom stereocenters. The van der Waals surface area contributed by atoms with Crippen LogP contribution in [-0.4, -0.2) is 56.6 Å². The van der Waals surface area contributed by atoms with E-state index in [9.17, 15) is 18.0 Å². The summed E-state index contributed by atoms with van der Waals surface area (Å²) in [6, 6.07) is 6.78. The van der Waals surface area contributed by atoms with Crippen molar-refractivity contribution < 1.29 is 22.7 Å². The smallest absolute Gasteiger partial charge is 0.405 e. The normalized spacial score (nSPS) is 13.9. The molecule has 3 aromatic rings. The van der Waals surface area contributed by atoms with Gasteiger partial charge in [-0.25, -0.2) is 19.9 Å². The van der Waals surface area contributed by atoms with E-state index in [0.717, 1.165) is 0 Å². The van der Waals surface area contributed by atoms with Crippen LogP contribution in [0.2, 0.25) is 0 Å². The van der Waals surface area contributed by atoms with E-state index in [1.807, 2.05) is 0 Å². The molecule has 2 aromatic heterocycles. The molecule has 0 saturated carbocycles. The lowest BCUT2D eigenvalue weighted by Gasteiger charge is -2.19. The van der Waals surface area contributed by atoms with Crippen LogP contribution in [0, 0.1) is 0 Å². The fraction of sp³-hybridized carbons (Fsp3) is 0.250. The van der Waals surface area contributed by atoms with Crippen LogP contribution in [0.4, 0.5) is 19.1 Å². The van der Waals surface area contributed by atoms with E-state index in [-0.39, 0.29) is 18.4 Å². The Morgan fingerprint density at radius 2 is 1.81 bits per heavy atom. The van der Waals surface area contributed by atoms with E-state index in [4.69, 9.17) is 4.74 Å². The van der Waals surface area contributed by atoms with Crippen molar-refractivity contribution in [1.82, 2.24) is 24.8 Å². The summed E-state index contributed by atoms with van der Waals surface area (Å²) >= 11 is 0. The standard InChI is InChI=1S/C20H17F3N6O2/c21-20(22,23)12-28-19-26-9-14(10-27-19)13-2-3-16-15(8-13)18(30)29(6-7-31-16)11-17-24-4-1-5-25-17/h1-5,8-10H,6-7,11-12H2,(H,26,27,28). The molecule has 1 N–H and O–H groups in total. The Bertz CT molecular complexity index is 1060. The second-order valence-electron chi connectivity index (χ2n) is 6.72. The maximum absolute atomic E-state index is 13.1. The van der Waals surface area contributed by atoms with Crippen LogP contribution >= 0.6 is 0 Å². The SMILES string of the molecule is O=C1c2cc(-c3cnc(NCC(F)(F)F)nc3)ccc2OCCN1Cc1ncccn1. The molecule has 0 saturated heterocycles. The summed E-state index contributed by atoms with van der Waals surface area (Å²) in [6.07, 6.45) is 1.65. The largest absolute Gasteiger partial charge is 0.491 e. The molecular weight excluding hydrogens is 413 g/mol. The highest BCUT2D eigenvalue weighted by molar-refractivity contribution is 5.98. The molecule has 0 atom stereocenters. The molecule has 0 spiro atoms. The van der Waals surface area contributed by atoms with Gasteiger partial charge in [0.2, 0.25) is 5.95 Å². The number of hydrogen-bond donors (Lipinski definition) is 1. The summed E-state index contributed by atoms with van der Waals surface area (Å²) in [5.41, 5.74) is 1.55. The number of nitrogens with zero attached hydrogens (tertiary/aromatic N) is 5. The Balaban J connectivity index is 1.55. The zero-order chi connectivity index (χ0) is 21.8. The number of carbonyl (C=O) groups is 1. The molecule has 1 aliphatic rings. The van der Waals surface area contributed by atoms with Gasteiger partial charge in [0.1, 0.15) is 24.7 Å². The van der Waals surface area contributed by atoms with Gasteiger partial charge in [0.15, 0.2) is 0 Å². The van der Waals surface area contributed by atoms with E-state index >= 15 is 0 Å². The van der Waals surface area contributed by atoms with Crippen molar-refractivity contribution in [2.75, 3.05) is 25.0 Å². The lowest BCUT2D eigenvalue weighted by molar-refractivity contribution is -0.115. The first kappa shape index (κ1) is 20.5. The van der Waals surface area contributed by atoms with Gasteiger partial charge in [0.05, 0.1) is 18.7 Å². The van der Waals surface area contributed by atoms with Gasteiger partial charge in [-0.3, -0.25) is 4.79 Å². The minimum Gasteiger partial charge on any atom is -0.491 e. The van der Waals surface area contributed by atoms with E-state index in [2.05, 4.69) is 25.3 Å². The fourth-order valence-corrected chi connectivity index (χ4v) is 3.02. The van der Waals surface area contributed by atoms with Gasteiger partial charge in [-0.05, 0) is 23.8 Å². The average molecular weight is 430 g/mol. The molecule has 0 bridgehead atoms. The summed E-state index contributed by atoms with van der Waals surface area (Å²) in [5, 5.41) is 2.12. The monoisotopic (exact) mass is 430 g/mol. The first-order chi connectivity index (χ1) is 14.9. The summed E-state index contributed by atoms with van der Waals surface area (Å²) in [6.45, 7) is -0.273. The van der Waals surface area contributed by atoms with Gasteiger partial charge in [0, 0.05) is 30.4 Å². The number of rotatable bonds is 5. The highest BCUT2D eigenvalue weighted by atomic mass is 19.4. The van der Waals surface area contributed by atoms with Crippen molar-refractivity contribution in [1.29, 1.82) is 0 Å². The minimum atomic E-state index is -4.37. The molecule has 1 amide bonds. The zero-order valence-electron chi connectivity index (χ0n) is 16.1. The number of fused-ring (bicyclic) bond motifs is 1. The maximum Gasteiger partial charge on any atom is 0.405 e. The second-order valence-corrected chi connectivity index (χ2v) is 6.72. The molecule has 0 aliphatic carbocycles. The van der Waals surface area contributed by atoms with Crippen molar-refractivity contribution >= 4 is 11.9 Å². The molecular formula is C20H17F3N6O2. The first-order valence-electron chi connectivity index (χ1n) is 9.34. The van der Waals surface area contributed by atoms with Crippen LogP contribution in [0.1, 0.15) is 16.2 Å². The van der Waals surface area contributed by atoms with Crippen molar-refractivity contribution in [2.45, 2.75) is 12.7 Å². The molecule has 0 fully saturated rings. The van der Waals surface area contributed by atoms with E-state index in [1.54, 1.807) is 41.6 Å². The Hall–Kier alpha value is -3.76. The highest BCUT2D eigenvalue weighted by Gasteiger charge is 2.27. The number of carbonyl (C=O) groups excluding carboxylic acids is 1. The van der Waals surface area contributed by atoms with Gasteiger partial charge >= 0.3 is 6.18 Å². The Kier molecular flexibility index (Phi) is 5.65. The highest BCUT2D eigenvalue weighted by Crippen LogP contribution is 2.29. The van der Waals surface area contributed by atoms with Gasteiger partial charge in [0.25, 0.3) is 5.91 Å². The van der Waals surface area contributed by atoms with Gasteiger partial charge in [-0.15, -0.1) is 0 Å². The predicted octanol–water partition coefficient (Wildman–Crippen LogP) is 2.94. The third kappa shape index (κ3) is 5.05. The molecule has 8 nitrogen and oxygen atoms in total. The Labute approximate surface area is 175 Å². The first-order valence-corrected chi connectivity index (χ1v) is 9.34. The van der Waals surface area contributed by atoms with Crippen molar-refractivity contribution in [3.8, 4) is 16.9 Å². The fourth-order valence-electron chi connectivity index (χ4n) is 3.02. The molecule has 160 valence electrons. The van der Waals surface area contributed by atoms with Crippen molar-refractivity contribution in [3.05, 3.63) is 60.4 Å². The topological polar surface area (TPSA) is 93.1 Å².